The lowest BCUT2D eigenvalue weighted by Crippen LogP contribution is -2.26. The van der Waals surface area contributed by atoms with Crippen LogP contribution in [0.1, 0.15) is 29.8 Å². The first-order valence-electron chi connectivity index (χ1n) is 8.81. The average Bonchev–Trinajstić information content (AvgIpc) is 3.24. The minimum atomic E-state index is 0.290. The van der Waals surface area contributed by atoms with E-state index >= 15 is 0 Å². The molecular weight excluding hydrogens is 348 g/mol. The maximum atomic E-state index is 5.53. The molecule has 0 unspecified atom stereocenters. The fraction of sp³-hybridized carbons (Fsp3) is 0.368. The van der Waals surface area contributed by atoms with Crippen LogP contribution in [0.3, 0.4) is 0 Å². The normalized spacial score (nSPS) is 20.2. The number of nitrogens with one attached hydrogen (secondary N) is 1. The zero-order chi connectivity index (χ0) is 17.7. The van der Waals surface area contributed by atoms with E-state index in [0.717, 1.165) is 33.8 Å². The van der Waals surface area contributed by atoms with E-state index in [2.05, 4.69) is 46.1 Å². The molecule has 0 amide bonds. The summed E-state index contributed by atoms with van der Waals surface area (Å²) in [7, 11) is 0. The van der Waals surface area contributed by atoms with Crippen LogP contribution in [0.15, 0.2) is 34.4 Å². The van der Waals surface area contributed by atoms with Crippen LogP contribution in [0.5, 0.6) is 11.5 Å². The van der Waals surface area contributed by atoms with Crippen molar-refractivity contribution in [3.63, 3.8) is 0 Å². The van der Waals surface area contributed by atoms with Gasteiger partial charge in [0.2, 0.25) is 6.79 Å². The summed E-state index contributed by atoms with van der Waals surface area (Å²) >= 11 is 1.73. The second-order valence-corrected chi connectivity index (χ2v) is 7.75. The van der Waals surface area contributed by atoms with E-state index in [0.29, 0.717) is 6.04 Å². The molecule has 26 heavy (non-hydrogen) atoms. The van der Waals surface area contributed by atoms with E-state index in [9.17, 15) is 0 Å². The van der Waals surface area contributed by atoms with Gasteiger partial charge in [0.15, 0.2) is 16.7 Å². The summed E-state index contributed by atoms with van der Waals surface area (Å²) in [5.74, 6) is 2.44. The molecule has 1 aliphatic carbocycles. The summed E-state index contributed by atoms with van der Waals surface area (Å²) in [6, 6.07) is 8.77. The van der Waals surface area contributed by atoms with Crippen LogP contribution in [0.2, 0.25) is 0 Å². The van der Waals surface area contributed by atoms with Gasteiger partial charge in [-0.25, -0.2) is 0 Å². The Morgan fingerprint density at radius 3 is 2.81 bits per heavy atom. The fourth-order valence-corrected chi connectivity index (χ4v) is 4.19. The first-order valence-corrected chi connectivity index (χ1v) is 9.80. The summed E-state index contributed by atoms with van der Waals surface area (Å²) in [5.41, 5.74) is 8.77. The van der Waals surface area contributed by atoms with Gasteiger partial charge in [-0.2, -0.15) is 5.10 Å². The lowest BCUT2D eigenvalue weighted by molar-refractivity contribution is 0.174. The number of hydrogen-bond acceptors (Lipinski definition) is 5. The quantitative estimate of drug-likeness (QED) is 0.902. The molecule has 2 aliphatic heterocycles. The molecule has 0 spiro atoms. The molecule has 6 nitrogen and oxygen atoms in total. The molecule has 1 aromatic heterocycles. The van der Waals surface area contributed by atoms with Gasteiger partial charge in [0.1, 0.15) is 0 Å². The predicted octanol–water partition coefficient (Wildman–Crippen LogP) is 3.38. The van der Waals surface area contributed by atoms with Crippen molar-refractivity contribution in [1.29, 1.82) is 0 Å². The molecule has 1 saturated carbocycles. The topological polar surface area (TPSA) is 60.1 Å². The molecule has 0 saturated heterocycles. The van der Waals surface area contributed by atoms with Gasteiger partial charge in [-0.1, -0.05) is 11.8 Å². The number of fused-ring (bicyclic) bond motifs is 1. The summed E-state index contributed by atoms with van der Waals surface area (Å²) < 4.78 is 13.2. The van der Waals surface area contributed by atoms with Gasteiger partial charge in [0.25, 0.3) is 0 Å². The number of aliphatic imine (C=N–C) groups is 1. The standard InChI is InChI=1S/C19H20N4O2S/c1-11-7-15(16-9-26-19(22-21-16)20-13-3-4-13)12(2)23(11)14-5-6-17-18(8-14)25-10-24-17/h5-8,13H,3-4,9-10H2,1-2H3,(H,20,22). The minimum absolute atomic E-state index is 0.290. The van der Waals surface area contributed by atoms with E-state index in [4.69, 9.17) is 9.47 Å². The third kappa shape index (κ3) is 2.76. The lowest BCUT2D eigenvalue weighted by atomic mass is 10.1. The molecule has 7 heteroatoms. The van der Waals surface area contributed by atoms with Crippen molar-refractivity contribution in [2.75, 3.05) is 12.5 Å². The Morgan fingerprint density at radius 2 is 2.04 bits per heavy atom. The minimum Gasteiger partial charge on any atom is -0.454 e. The van der Waals surface area contributed by atoms with Crippen molar-refractivity contribution in [3.8, 4) is 17.2 Å². The molecule has 134 valence electrons. The zero-order valence-electron chi connectivity index (χ0n) is 14.8. The highest BCUT2D eigenvalue weighted by atomic mass is 32.2. The highest BCUT2D eigenvalue weighted by molar-refractivity contribution is 8.14. The molecule has 0 radical (unpaired) electrons. The zero-order valence-corrected chi connectivity index (χ0v) is 15.6. The van der Waals surface area contributed by atoms with E-state index in [1.54, 1.807) is 11.8 Å². The van der Waals surface area contributed by atoms with Gasteiger partial charge >= 0.3 is 0 Å². The van der Waals surface area contributed by atoms with Crippen LogP contribution in [0, 0.1) is 13.8 Å². The Bertz CT molecular complexity index is 943. The molecule has 5 rings (SSSR count). The Balaban J connectivity index is 1.47. The van der Waals surface area contributed by atoms with Gasteiger partial charge in [0, 0.05) is 34.5 Å². The number of ether oxygens (including phenoxy) is 2. The average molecular weight is 368 g/mol. The Kier molecular flexibility index (Phi) is 3.70. The third-order valence-electron chi connectivity index (χ3n) is 4.84. The number of nitrogens with zero attached hydrogens (tertiary/aromatic N) is 3. The molecule has 1 aromatic carbocycles. The summed E-state index contributed by atoms with van der Waals surface area (Å²) in [4.78, 5) is 4.63. The van der Waals surface area contributed by atoms with Crippen molar-refractivity contribution in [2.24, 2.45) is 10.1 Å². The number of aromatic nitrogens is 1. The van der Waals surface area contributed by atoms with E-state index in [1.807, 2.05) is 12.1 Å². The fourth-order valence-electron chi connectivity index (χ4n) is 3.37. The second kappa shape index (κ2) is 6.09. The lowest BCUT2D eigenvalue weighted by Gasteiger charge is -2.15. The van der Waals surface area contributed by atoms with E-state index < -0.39 is 0 Å². The van der Waals surface area contributed by atoms with Gasteiger partial charge in [-0.05, 0) is 44.9 Å². The molecule has 1 N–H and O–H groups in total. The molecular formula is C19H20N4O2S. The number of aryl methyl sites for hydroxylation is 1. The van der Waals surface area contributed by atoms with Gasteiger partial charge in [0.05, 0.1) is 11.8 Å². The highest BCUT2D eigenvalue weighted by Crippen LogP contribution is 2.35. The summed E-state index contributed by atoms with van der Waals surface area (Å²) in [6.45, 7) is 4.54. The number of rotatable bonds is 3. The van der Waals surface area contributed by atoms with Crippen LogP contribution in [0.25, 0.3) is 5.69 Å². The second-order valence-electron chi connectivity index (χ2n) is 6.78. The highest BCUT2D eigenvalue weighted by Gasteiger charge is 2.24. The molecule has 3 heterocycles. The Labute approximate surface area is 156 Å². The maximum Gasteiger partial charge on any atom is 0.231 e. The monoisotopic (exact) mass is 368 g/mol. The number of thioether (sulfide) groups is 1. The summed E-state index contributed by atoms with van der Waals surface area (Å²) in [5, 5.41) is 5.53. The van der Waals surface area contributed by atoms with Gasteiger partial charge in [-0.15, -0.1) is 0 Å². The largest absolute Gasteiger partial charge is 0.454 e. The third-order valence-corrected chi connectivity index (χ3v) is 5.72. The van der Waals surface area contributed by atoms with Gasteiger partial charge < -0.3 is 14.0 Å². The van der Waals surface area contributed by atoms with Crippen LogP contribution in [-0.2, 0) is 0 Å². The van der Waals surface area contributed by atoms with Crippen LogP contribution < -0.4 is 14.9 Å². The molecule has 0 atom stereocenters. The first-order chi connectivity index (χ1) is 12.7. The maximum absolute atomic E-state index is 5.53. The molecule has 0 bridgehead atoms. The smallest absolute Gasteiger partial charge is 0.231 e. The van der Waals surface area contributed by atoms with Crippen LogP contribution >= 0.6 is 11.8 Å². The predicted molar refractivity (Wildman–Crippen MR) is 104 cm³/mol. The van der Waals surface area contributed by atoms with Crippen molar-refractivity contribution in [1.82, 2.24) is 9.99 Å². The Hall–Kier alpha value is -2.41. The number of benzene rings is 1. The number of hydrogen-bond donors (Lipinski definition) is 1. The van der Waals surface area contributed by atoms with Gasteiger partial charge in [-0.3, -0.25) is 10.4 Å². The van der Waals surface area contributed by atoms with Crippen LogP contribution in [0.4, 0.5) is 0 Å². The molecule has 2 aromatic rings. The van der Waals surface area contributed by atoms with Crippen molar-refractivity contribution in [3.05, 3.63) is 41.2 Å². The number of amidine groups is 1. The van der Waals surface area contributed by atoms with E-state index in [-0.39, 0.29) is 6.79 Å². The van der Waals surface area contributed by atoms with Crippen molar-refractivity contribution < 1.29 is 9.47 Å². The van der Waals surface area contributed by atoms with Crippen LogP contribution in [-0.4, -0.2) is 34.0 Å². The number of hydrazone groups is 1. The molecule has 3 aliphatic rings. The van der Waals surface area contributed by atoms with E-state index in [1.165, 1.54) is 29.8 Å². The van der Waals surface area contributed by atoms with Crippen molar-refractivity contribution >= 4 is 22.6 Å². The Morgan fingerprint density at radius 1 is 1.19 bits per heavy atom. The summed E-state index contributed by atoms with van der Waals surface area (Å²) in [6.07, 6.45) is 2.41. The first kappa shape index (κ1) is 15.8. The SMILES string of the molecule is Cc1cc(C2=NNC(=NC3CC3)SC2)c(C)n1-c1ccc2c(c1)OCO2. The van der Waals surface area contributed by atoms with Crippen molar-refractivity contribution in [2.45, 2.75) is 32.7 Å². The molecule has 1 fully saturated rings.